The van der Waals surface area contributed by atoms with Crippen LogP contribution in [0.3, 0.4) is 0 Å². The highest BCUT2D eigenvalue weighted by Gasteiger charge is 2.36. The molecule has 5 nitrogen and oxygen atoms in total. The first-order valence-corrected chi connectivity index (χ1v) is 8.78. The summed E-state index contributed by atoms with van der Waals surface area (Å²) in [4.78, 5) is 16.7. The molecule has 0 bridgehead atoms. The number of carbonyl (C=O) groups is 1. The third-order valence-electron chi connectivity index (χ3n) is 4.86. The molecule has 0 unspecified atom stereocenters. The van der Waals surface area contributed by atoms with E-state index in [1.54, 1.807) is 6.20 Å². The van der Waals surface area contributed by atoms with Gasteiger partial charge in [-0.3, -0.25) is 4.79 Å². The van der Waals surface area contributed by atoms with Gasteiger partial charge in [-0.15, -0.1) is 0 Å². The van der Waals surface area contributed by atoms with Crippen LogP contribution in [-0.4, -0.2) is 21.0 Å². The molecule has 128 valence electrons. The monoisotopic (exact) mass is 326 g/mol. The number of carbonyl (C=O) groups excluding carboxylic acids is 1. The van der Waals surface area contributed by atoms with Gasteiger partial charge in [-0.1, -0.05) is 43.2 Å². The Labute approximate surface area is 143 Å². The normalized spacial score (nSPS) is 16.2. The van der Waals surface area contributed by atoms with E-state index in [9.17, 15) is 4.79 Å². The van der Waals surface area contributed by atoms with Crippen LogP contribution >= 0.6 is 0 Å². The van der Waals surface area contributed by atoms with Crippen molar-refractivity contribution in [3.05, 3.63) is 54.1 Å². The molecule has 1 aromatic carbocycles. The number of aryl methyl sites for hydroxylation is 2. The first-order chi connectivity index (χ1) is 11.7. The molecule has 1 aromatic heterocycles. The number of amides is 1. The average molecular weight is 326 g/mol. The van der Waals surface area contributed by atoms with Crippen LogP contribution in [0.4, 0.5) is 0 Å². The SMILES string of the molecule is NC1(C(=O)NCc2nccn2CCCc2ccccc2)CCCC1. The second kappa shape index (κ2) is 7.62. The maximum absolute atomic E-state index is 12.3. The zero-order valence-corrected chi connectivity index (χ0v) is 14.1. The number of aromatic nitrogens is 2. The molecule has 3 N–H and O–H groups in total. The van der Waals surface area contributed by atoms with Crippen molar-refractivity contribution in [2.75, 3.05) is 0 Å². The molecule has 1 heterocycles. The minimum Gasteiger partial charge on any atom is -0.347 e. The molecule has 24 heavy (non-hydrogen) atoms. The highest BCUT2D eigenvalue weighted by Crippen LogP contribution is 2.27. The number of hydrogen-bond acceptors (Lipinski definition) is 3. The highest BCUT2D eigenvalue weighted by molar-refractivity contribution is 5.86. The van der Waals surface area contributed by atoms with Gasteiger partial charge >= 0.3 is 0 Å². The molecular weight excluding hydrogens is 300 g/mol. The van der Waals surface area contributed by atoms with E-state index in [0.29, 0.717) is 6.54 Å². The number of rotatable bonds is 7. The third kappa shape index (κ3) is 4.03. The maximum Gasteiger partial charge on any atom is 0.240 e. The highest BCUT2D eigenvalue weighted by atomic mass is 16.2. The summed E-state index contributed by atoms with van der Waals surface area (Å²) in [5.41, 5.74) is 6.86. The largest absolute Gasteiger partial charge is 0.347 e. The summed E-state index contributed by atoms with van der Waals surface area (Å²) in [5, 5.41) is 2.97. The number of imidazole rings is 1. The van der Waals surface area contributed by atoms with Crippen molar-refractivity contribution in [1.82, 2.24) is 14.9 Å². The second-order valence-corrected chi connectivity index (χ2v) is 6.67. The summed E-state index contributed by atoms with van der Waals surface area (Å²) in [6, 6.07) is 10.5. The Bertz CT molecular complexity index is 659. The van der Waals surface area contributed by atoms with Crippen LogP contribution in [0.5, 0.6) is 0 Å². The van der Waals surface area contributed by atoms with E-state index in [1.165, 1.54) is 5.56 Å². The zero-order valence-electron chi connectivity index (χ0n) is 14.1. The Kier molecular flexibility index (Phi) is 5.30. The first kappa shape index (κ1) is 16.7. The Balaban J connectivity index is 1.49. The minimum atomic E-state index is -0.676. The van der Waals surface area contributed by atoms with Gasteiger partial charge in [0.1, 0.15) is 5.82 Å². The molecule has 2 aromatic rings. The van der Waals surface area contributed by atoms with Crippen molar-refractivity contribution in [2.45, 2.75) is 57.2 Å². The molecule has 3 rings (SSSR count). The fourth-order valence-corrected chi connectivity index (χ4v) is 3.38. The quantitative estimate of drug-likeness (QED) is 0.820. The van der Waals surface area contributed by atoms with Crippen LogP contribution in [-0.2, 0) is 24.3 Å². The number of hydrogen-bond donors (Lipinski definition) is 2. The Morgan fingerprint density at radius 2 is 2.00 bits per heavy atom. The lowest BCUT2D eigenvalue weighted by Gasteiger charge is -2.22. The molecule has 0 aliphatic heterocycles. The van der Waals surface area contributed by atoms with E-state index < -0.39 is 5.54 Å². The number of nitrogens with one attached hydrogen (secondary N) is 1. The molecule has 0 spiro atoms. The molecule has 0 radical (unpaired) electrons. The molecule has 1 fully saturated rings. The van der Waals surface area contributed by atoms with Gasteiger partial charge in [-0.2, -0.15) is 0 Å². The van der Waals surface area contributed by atoms with Crippen LogP contribution in [0.15, 0.2) is 42.7 Å². The van der Waals surface area contributed by atoms with Gasteiger partial charge in [0.15, 0.2) is 0 Å². The Morgan fingerprint density at radius 3 is 2.75 bits per heavy atom. The summed E-state index contributed by atoms with van der Waals surface area (Å²) < 4.78 is 2.11. The Hall–Kier alpha value is -2.14. The Morgan fingerprint density at radius 1 is 1.25 bits per heavy atom. The first-order valence-electron chi connectivity index (χ1n) is 8.78. The van der Waals surface area contributed by atoms with Gasteiger partial charge in [0, 0.05) is 18.9 Å². The summed E-state index contributed by atoms with van der Waals surface area (Å²) in [6.07, 6.45) is 9.49. The van der Waals surface area contributed by atoms with E-state index in [4.69, 9.17) is 5.73 Å². The molecule has 5 heteroatoms. The fourth-order valence-electron chi connectivity index (χ4n) is 3.38. The summed E-state index contributed by atoms with van der Waals surface area (Å²) in [5.74, 6) is 0.844. The van der Waals surface area contributed by atoms with Crippen LogP contribution in [0, 0.1) is 0 Å². The van der Waals surface area contributed by atoms with Crippen molar-refractivity contribution in [3.63, 3.8) is 0 Å². The predicted octanol–water partition coefficient (Wildman–Crippen LogP) is 2.40. The lowest BCUT2D eigenvalue weighted by molar-refractivity contribution is -0.126. The average Bonchev–Trinajstić information content (AvgIpc) is 3.23. The van der Waals surface area contributed by atoms with Gasteiger partial charge in [0.05, 0.1) is 12.1 Å². The van der Waals surface area contributed by atoms with Gasteiger partial charge in [-0.25, -0.2) is 4.98 Å². The van der Waals surface area contributed by atoms with Crippen molar-refractivity contribution in [1.29, 1.82) is 0 Å². The predicted molar refractivity (Wildman–Crippen MR) is 94.2 cm³/mol. The summed E-state index contributed by atoms with van der Waals surface area (Å²) in [6.45, 7) is 1.34. The fraction of sp³-hybridized carbons (Fsp3) is 0.474. The second-order valence-electron chi connectivity index (χ2n) is 6.67. The van der Waals surface area contributed by atoms with Crippen molar-refractivity contribution < 1.29 is 4.79 Å². The molecule has 1 aliphatic rings. The number of nitrogens with two attached hydrogens (primary N) is 1. The minimum absolute atomic E-state index is 0.0427. The van der Waals surface area contributed by atoms with E-state index in [0.717, 1.165) is 50.9 Å². The van der Waals surface area contributed by atoms with Crippen molar-refractivity contribution >= 4 is 5.91 Å². The molecule has 1 amide bonds. The van der Waals surface area contributed by atoms with Crippen LogP contribution in [0.2, 0.25) is 0 Å². The van der Waals surface area contributed by atoms with E-state index in [-0.39, 0.29) is 5.91 Å². The van der Waals surface area contributed by atoms with E-state index >= 15 is 0 Å². The van der Waals surface area contributed by atoms with Crippen LogP contribution < -0.4 is 11.1 Å². The van der Waals surface area contributed by atoms with Gasteiger partial charge in [0.25, 0.3) is 0 Å². The van der Waals surface area contributed by atoms with Gasteiger partial charge in [0.2, 0.25) is 5.91 Å². The topological polar surface area (TPSA) is 72.9 Å². The van der Waals surface area contributed by atoms with Gasteiger partial charge < -0.3 is 15.6 Å². The molecule has 0 saturated heterocycles. The summed E-state index contributed by atoms with van der Waals surface area (Å²) in [7, 11) is 0. The molecular formula is C19H26N4O. The zero-order chi connectivity index (χ0) is 16.8. The van der Waals surface area contributed by atoms with Crippen molar-refractivity contribution in [2.24, 2.45) is 5.73 Å². The van der Waals surface area contributed by atoms with Crippen molar-refractivity contribution in [3.8, 4) is 0 Å². The van der Waals surface area contributed by atoms with Crippen LogP contribution in [0.1, 0.15) is 43.5 Å². The summed E-state index contributed by atoms with van der Waals surface area (Å²) >= 11 is 0. The van der Waals surface area contributed by atoms with Gasteiger partial charge in [-0.05, 0) is 31.2 Å². The van der Waals surface area contributed by atoms with E-state index in [1.807, 2.05) is 12.3 Å². The third-order valence-corrected chi connectivity index (χ3v) is 4.86. The maximum atomic E-state index is 12.3. The number of benzene rings is 1. The lowest BCUT2D eigenvalue weighted by atomic mass is 9.98. The van der Waals surface area contributed by atoms with E-state index in [2.05, 4.69) is 39.1 Å². The standard InChI is InChI=1S/C19H26N4O/c20-19(10-4-5-11-19)18(24)22-15-17-21-12-14-23(17)13-6-9-16-7-2-1-3-8-16/h1-3,7-8,12,14H,4-6,9-11,13,15,20H2,(H,22,24). The number of nitrogens with zero attached hydrogens (tertiary/aromatic N) is 2. The smallest absolute Gasteiger partial charge is 0.240 e. The molecule has 1 aliphatic carbocycles. The lowest BCUT2D eigenvalue weighted by Crippen LogP contribution is -2.51. The van der Waals surface area contributed by atoms with Crippen LogP contribution in [0.25, 0.3) is 0 Å². The molecule has 0 atom stereocenters. The molecule has 1 saturated carbocycles.